The van der Waals surface area contributed by atoms with Crippen molar-refractivity contribution >= 4 is 35.1 Å². The fraction of sp³-hybridized carbons (Fsp3) is 0.683. The number of Topliss-reactive ketones (excluding diaryl/α,β-unsaturated/α-hetero) is 2. The highest BCUT2D eigenvalue weighted by Gasteiger charge is 2.49. The van der Waals surface area contributed by atoms with Crippen LogP contribution in [0.5, 0.6) is 0 Å². The number of carbonyl (C=O) groups is 4. The SMILES string of the molecule is COC(CCC(C)/C=C/C=C/C1CC(O)CC(O)CCCCCCCC(O)CC(O)CC=CC=CC=CC(O)CC(=O)CC(O)CC=CC=CC(O)CC(O)CC(O)CCC(C)C(O)CC(O)C(C)C(O)C(C)=CC=CC(C)C(O)C(C)C2OC(O)(CC(=O)O1)CC(O)C2C)C1=C(SC)C(=O)C=C(O)C1=O. The van der Waals surface area contributed by atoms with E-state index < -0.39 is 163 Å². The number of cyclic esters (lactones) is 1. The summed E-state index contributed by atoms with van der Waals surface area (Å²) in [4.78, 5) is 52.3. The van der Waals surface area contributed by atoms with Gasteiger partial charge in [-0.25, -0.2) is 0 Å². The number of allylic oxidation sites excluding steroid dienone is 14. The predicted octanol–water partition coefficient (Wildman–Crippen LogP) is 8.03. The lowest BCUT2D eigenvalue weighted by atomic mass is 9.78. The Morgan fingerprint density at radius 2 is 1.19 bits per heavy atom. The van der Waals surface area contributed by atoms with Crippen LogP contribution in [0.1, 0.15) is 196 Å². The van der Waals surface area contributed by atoms with Crippen molar-refractivity contribution < 1.29 is 115 Å². The second-order valence-electron chi connectivity index (χ2n) is 30.0. The van der Waals surface area contributed by atoms with Gasteiger partial charge in [0.15, 0.2) is 17.3 Å². The molecule has 3 rings (SSSR count). The molecule has 16 N–H and O–H groups in total. The topological polar surface area (TPSA) is 420 Å². The highest BCUT2D eigenvalue weighted by Crippen LogP contribution is 2.39. The number of aliphatic hydroxyl groups is 16. The monoisotopic (exact) mass is 1510 g/mol. The number of carbonyl (C=O) groups excluding carboxylic acids is 4. The average Bonchev–Trinajstić information content (AvgIpc) is 0.791. The molecule has 0 aromatic rings. The van der Waals surface area contributed by atoms with E-state index in [2.05, 4.69) is 0 Å². The van der Waals surface area contributed by atoms with Crippen molar-refractivity contribution in [3.05, 3.63) is 131 Å². The van der Waals surface area contributed by atoms with Crippen molar-refractivity contribution in [2.75, 3.05) is 13.4 Å². The van der Waals surface area contributed by atoms with E-state index in [1.807, 2.05) is 13.0 Å². The number of thioether (sulfide) groups is 1. The molecule has 1 fully saturated rings. The fourth-order valence-corrected chi connectivity index (χ4v) is 14.2. The Hall–Kier alpha value is -4.91. The lowest BCUT2D eigenvalue weighted by Crippen LogP contribution is -2.55. The van der Waals surface area contributed by atoms with Crippen LogP contribution < -0.4 is 0 Å². The van der Waals surface area contributed by atoms with Gasteiger partial charge in [-0.05, 0) is 114 Å². The van der Waals surface area contributed by atoms with Crippen molar-refractivity contribution in [2.24, 2.45) is 35.5 Å². The molecular formula is C82H130O23S. The largest absolute Gasteiger partial charge is 0.504 e. The number of hydrogen-bond acceptors (Lipinski definition) is 24. The average molecular weight is 1520 g/mol. The molecular weight excluding hydrogens is 1380 g/mol. The first-order chi connectivity index (χ1) is 50.1. The van der Waals surface area contributed by atoms with E-state index in [1.54, 1.807) is 127 Å². The third-order valence-electron chi connectivity index (χ3n) is 20.4. The number of aliphatic hydroxyl groups excluding tert-OH is 15. The maximum Gasteiger partial charge on any atom is 0.311 e. The van der Waals surface area contributed by atoms with Crippen LogP contribution in [-0.4, -0.2) is 228 Å². The van der Waals surface area contributed by atoms with Crippen LogP contribution in [0.2, 0.25) is 0 Å². The molecule has 1 aliphatic carbocycles. The number of methoxy groups -OCH3 is 1. The third-order valence-corrected chi connectivity index (χ3v) is 21.2. The van der Waals surface area contributed by atoms with E-state index >= 15 is 0 Å². The lowest BCUT2D eigenvalue weighted by molar-refractivity contribution is -0.302. The van der Waals surface area contributed by atoms with E-state index in [0.717, 1.165) is 43.5 Å². The van der Waals surface area contributed by atoms with Crippen molar-refractivity contribution in [3.8, 4) is 0 Å². The van der Waals surface area contributed by atoms with Crippen LogP contribution in [0, 0.1) is 35.5 Å². The molecule has 24 unspecified atom stereocenters. The first kappa shape index (κ1) is 95.3. The molecule has 0 aromatic carbocycles. The number of fused-ring (bicyclic) bond motifs is 2. The Morgan fingerprint density at radius 1 is 0.604 bits per heavy atom. The normalized spacial score (nSPS) is 36.0. The molecule has 602 valence electrons. The van der Waals surface area contributed by atoms with Gasteiger partial charge in [-0.3, -0.25) is 19.2 Å². The molecule has 0 amide bonds. The second kappa shape index (κ2) is 50.8. The number of ketones is 3. The number of hydrogen-bond donors (Lipinski definition) is 16. The Labute approximate surface area is 633 Å². The maximum atomic E-state index is 14.0. The molecule has 24 heteroatoms. The summed E-state index contributed by atoms with van der Waals surface area (Å²) in [5.74, 6) is -8.41. The Bertz CT molecular complexity index is 2950. The first-order valence-corrected chi connectivity index (χ1v) is 39.3. The minimum atomic E-state index is -2.25. The Balaban J connectivity index is 1.78. The van der Waals surface area contributed by atoms with Crippen molar-refractivity contribution in [1.82, 2.24) is 0 Å². The van der Waals surface area contributed by atoms with Gasteiger partial charge in [0.1, 0.15) is 11.9 Å². The highest BCUT2D eigenvalue weighted by atomic mass is 32.2. The summed E-state index contributed by atoms with van der Waals surface area (Å²) in [6, 6.07) is 0. The zero-order chi connectivity index (χ0) is 79.2. The van der Waals surface area contributed by atoms with Gasteiger partial charge in [0.25, 0.3) is 0 Å². The van der Waals surface area contributed by atoms with Gasteiger partial charge in [-0.15, -0.1) is 11.8 Å². The van der Waals surface area contributed by atoms with Crippen LogP contribution in [0.15, 0.2) is 131 Å². The number of rotatable bonds is 9. The van der Waals surface area contributed by atoms with Gasteiger partial charge in [0, 0.05) is 74.5 Å². The molecule has 2 heterocycles. The Morgan fingerprint density at radius 3 is 1.84 bits per heavy atom. The molecule has 1 saturated heterocycles. The summed E-state index contributed by atoms with van der Waals surface area (Å²) in [7, 11) is 1.42. The zero-order valence-electron chi connectivity index (χ0n) is 63.9. The van der Waals surface area contributed by atoms with Crippen LogP contribution in [0.3, 0.4) is 0 Å². The minimum absolute atomic E-state index is 0.0382. The molecule has 106 heavy (non-hydrogen) atoms. The number of esters is 1. The van der Waals surface area contributed by atoms with E-state index in [1.165, 1.54) is 25.3 Å². The quantitative estimate of drug-likeness (QED) is 0.0590. The van der Waals surface area contributed by atoms with Gasteiger partial charge in [0.2, 0.25) is 5.78 Å². The van der Waals surface area contributed by atoms with Crippen molar-refractivity contribution in [3.63, 3.8) is 0 Å². The molecule has 2 aliphatic heterocycles. The lowest BCUT2D eigenvalue weighted by Gasteiger charge is -2.46. The molecule has 2 bridgehead atoms. The Kier molecular flexibility index (Phi) is 45.7. The smallest absolute Gasteiger partial charge is 0.311 e. The second-order valence-corrected chi connectivity index (χ2v) is 30.8. The van der Waals surface area contributed by atoms with Gasteiger partial charge < -0.3 is 95.9 Å². The summed E-state index contributed by atoms with van der Waals surface area (Å²) in [5, 5.41) is 175. The van der Waals surface area contributed by atoms with Crippen molar-refractivity contribution in [1.29, 1.82) is 0 Å². The summed E-state index contributed by atoms with van der Waals surface area (Å²) < 4.78 is 17.8. The minimum Gasteiger partial charge on any atom is -0.504 e. The van der Waals surface area contributed by atoms with Crippen LogP contribution >= 0.6 is 11.8 Å². The summed E-state index contributed by atoms with van der Waals surface area (Å²) in [6.07, 6.45) is 18.1. The van der Waals surface area contributed by atoms with E-state index in [9.17, 15) is 101 Å². The van der Waals surface area contributed by atoms with Gasteiger partial charge >= 0.3 is 5.97 Å². The zero-order valence-corrected chi connectivity index (χ0v) is 64.7. The van der Waals surface area contributed by atoms with Gasteiger partial charge in [-0.2, -0.15) is 0 Å². The molecule has 23 nitrogen and oxygen atoms in total. The van der Waals surface area contributed by atoms with E-state index in [0.29, 0.717) is 50.5 Å². The van der Waals surface area contributed by atoms with Crippen LogP contribution in [-0.2, 0) is 33.4 Å². The highest BCUT2D eigenvalue weighted by molar-refractivity contribution is 8.03. The van der Waals surface area contributed by atoms with Gasteiger partial charge in [0.05, 0.1) is 109 Å². The number of ether oxygens (including phenoxy) is 3. The van der Waals surface area contributed by atoms with Crippen molar-refractivity contribution in [2.45, 2.75) is 306 Å². The first-order valence-electron chi connectivity index (χ1n) is 38.1. The van der Waals surface area contributed by atoms with E-state index in [-0.39, 0.29) is 98.7 Å². The van der Waals surface area contributed by atoms with E-state index in [4.69, 9.17) is 14.2 Å². The predicted molar refractivity (Wildman–Crippen MR) is 409 cm³/mol. The summed E-state index contributed by atoms with van der Waals surface area (Å²) >= 11 is 1.10. The third kappa shape index (κ3) is 36.7. The van der Waals surface area contributed by atoms with Crippen LogP contribution in [0.25, 0.3) is 0 Å². The summed E-state index contributed by atoms with van der Waals surface area (Å²) in [6.45, 7) is 12.2. The fourth-order valence-electron chi connectivity index (χ4n) is 13.5. The summed E-state index contributed by atoms with van der Waals surface area (Å²) in [5.41, 5.74) is 0.580. The maximum absolute atomic E-state index is 14.0. The molecule has 0 spiro atoms. The molecule has 0 saturated carbocycles. The van der Waals surface area contributed by atoms with Crippen LogP contribution in [0.4, 0.5) is 0 Å². The standard InChI is InChI=1S/C82H130O23S/c1-51(36-39-74(103-8)76-79(101)71(95)48-72(96)81(76)106-9)26-23-24-35-68-46-67(92)44-63(88)32-20-15-11-13-18-30-59(84)40-58(83)29-17-12-10-14-19-31-60(85)41-65(90)42-61(86)33-21-16-22-34-62(87)43-66(91)45-64(89)38-37-52(2)69(93)47-70(94)55(5)77(99)53(3)27-25-28-54(4)78(100)57(7)80-56(6)73(97)49-82(102,105-80)50-75(98)104-68/h10,12,14,16-17,19,21-28,31,34-35,48,51-52,54-64,66-70,73-74,77-78,80,83-89,91-95,97,99-100,102H,11,13,15,18,20,29-30,32-33,36-47,49-50H2,1-9H3/b14-10?,17-12?,21-16?,26-23+,28-25?,31-19?,34-22?,35-24+,53-27?. The molecule has 0 aromatic heterocycles. The molecule has 0 radical (unpaired) electrons. The van der Waals surface area contributed by atoms with Gasteiger partial charge in [-0.1, -0.05) is 171 Å². The molecule has 24 atom stereocenters. The molecule has 3 aliphatic rings.